The lowest BCUT2D eigenvalue weighted by molar-refractivity contribution is -0.143. The lowest BCUT2D eigenvalue weighted by Gasteiger charge is -2.34. The quantitative estimate of drug-likeness (QED) is 0.268. The molecular formula is C25H21F5N2O4. The van der Waals surface area contributed by atoms with Gasteiger partial charge >= 0.3 is 5.97 Å². The van der Waals surface area contributed by atoms with Crippen LogP contribution < -0.4 is 10.6 Å². The van der Waals surface area contributed by atoms with Crippen LogP contribution in [-0.4, -0.2) is 38.6 Å². The van der Waals surface area contributed by atoms with E-state index in [-0.39, 0.29) is 36.7 Å². The zero-order valence-corrected chi connectivity index (χ0v) is 19.2. The zero-order valence-electron chi connectivity index (χ0n) is 19.2. The third kappa shape index (κ3) is 4.40. The van der Waals surface area contributed by atoms with Crippen LogP contribution in [0.15, 0.2) is 52.9 Å². The number of nitrogens with one attached hydrogen (secondary N) is 2. The molecule has 6 nitrogen and oxygen atoms in total. The maximum absolute atomic E-state index is 14.9. The third-order valence-corrected chi connectivity index (χ3v) is 6.11. The number of benzene rings is 2. The number of ether oxygens (including phenoxy) is 2. The van der Waals surface area contributed by atoms with Crippen LogP contribution in [0.3, 0.4) is 0 Å². The minimum Gasteiger partial charge on any atom is -0.459 e. The van der Waals surface area contributed by atoms with E-state index in [1.807, 2.05) is 0 Å². The van der Waals surface area contributed by atoms with Crippen LogP contribution >= 0.6 is 0 Å². The molecule has 0 spiro atoms. The molecule has 0 amide bonds. The van der Waals surface area contributed by atoms with E-state index < -0.39 is 64.0 Å². The summed E-state index contributed by atoms with van der Waals surface area (Å²) in [7, 11) is 1.39. The van der Waals surface area contributed by atoms with Crippen molar-refractivity contribution in [2.45, 2.75) is 18.9 Å². The number of hydrogen-bond acceptors (Lipinski definition) is 6. The van der Waals surface area contributed by atoms with Crippen LogP contribution in [0.5, 0.6) is 0 Å². The molecule has 0 saturated heterocycles. The van der Waals surface area contributed by atoms with Crippen LogP contribution in [0.25, 0.3) is 0 Å². The van der Waals surface area contributed by atoms with Gasteiger partial charge in [-0.15, -0.1) is 0 Å². The van der Waals surface area contributed by atoms with Crippen molar-refractivity contribution in [2.24, 2.45) is 0 Å². The van der Waals surface area contributed by atoms with Crippen LogP contribution in [0, 0.1) is 29.1 Å². The molecule has 0 fully saturated rings. The summed E-state index contributed by atoms with van der Waals surface area (Å²) in [5.41, 5.74) is -1.15. The number of carbonyl (C=O) groups is 2. The summed E-state index contributed by atoms with van der Waals surface area (Å²) in [6, 6.07) is 8.74. The van der Waals surface area contributed by atoms with E-state index in [0.717, 1.165) is 0 Å². The van der Waals surface area contributed by atoms with E-state index >= 15 is 0 Å². The van der Waals surface area contributed by atoms with E-state index in [2.05, 4.69) is 10.6 Å². The molecule has 2 atom stereocenters. The van der Waals surface area contributed by atoms with Gasteiger partial charge in [0.1, 0.15) is 12.7 Å². The van der Waals surface area contributed by atoms with Crippen molar-refractivity contribution in [2.75, 3.05) is 26.8 Å². The number of halogens is 5. The molecule has 2 aromatic carbocycles. The van der Waals surface area contributed by atoms with Gasteiger partial charge in [-0.05, 0) is 12.5 Å². The standard InChI is InChI=1S/C25H21F5N2O4/c1-11-16(25(34)36-10-15(35-2)12-6-4-3-5-7-12)18(17-13(32-11)8-31-9-14(17)33)19-20(26)22(28)24(30)23(29)21(19)27/h3-7,15,18,31-32H,8-10H2,1-2H3/t15-,18?/m0/s1. The number of rotatable bonds is 6. The Morgan fingerprint density at radius 2 is 1.61 bits per heavy atom. The maximum Gasteiger partial charge on any atom is 0.336 e. The smallest absolute Gasteiger partial charge is 0.336 e. The van der Waals surface area contributed by atoms with Crippen LogP contribution in [0.1, 0.15) is 30.1 Å². The predicted octanol–water partition coefficient (Wildman–Crippen LogP) is 3.70. The molecule has 0 aliphatic carbocycles. The normalized spacial score (nSPS) is 18.6. The van der Waals surface area contributed by atoms with Crippen molar-refractivity contribution in [1.82, 2.24) is 10.6 Å². The summed E-state index contributed by atoms with van der Waals surface area (Å²) < 4.78 is 82.7. The maximum atomic E-state index is 14.9. The highest BCUT2D eigenvalue weighted by Crippen LogP contribution is 2.43. The van der Waals surface area contributed by atoms with Crippen molar-refractivity contribution in [3.63, 3.8) is 0 Å². The number of ketones is 1. The minimum absolute atomic E-state index is 0.0397. The Kier molecular flexibility index (Phi) is 7.23. The number of Topliss-reactive ketones (excluding diaryl/α,β-unsaturated/α-hetero) is 1. The first kappa shape index (κ1) is 25.5. The van der Waals surface area contributed by atoms with Gasteiger partial charge in [-0.25, -0.2) is 26.7 Å². The number of esters is 1. The van der Waals surface area contributed by atoms with E-state index in [9.17, 15) is 31.5 Å². The number of hydrogen-bond donors (Lipinski definition) is 2. The van der Waals surface area contributed by atoms with Gasteiger partial charge in [-0.3, -0.25) is 4.79 Å². The molecule has 1 unspecified atom stereocenters. The lowest BCUT2D eigenvalue weighted by atomic mass is 9.77. The molecule has 190 valence electrons. The summed E-state index contributed by atoms with van der Waals surface area (Å²) >= 11 is 0. The fourth-order valence-electron chi connectivity index (χ4n) is 4.39. The third-order valence-electron chi connectivity index (χ3n) is 6.11. The van der Waals surface area contributed by atoms with Gasteiger partial charge in [-0.1, -0.05) is 30.3 Å². The molecule has 4 rings (SSSR count). The second-order valence-corrected chi connectivity index (χ2v) is 8.23. The fraction of sp³-hybridized carbons (Fsp3) is 0.280. The Balaban J connectivity index is 1.79. The van der Waals surface area contributed by atoms with Gasteiger partial charge in [0.15, 0.2) is 29.1 Å². The Bertz CT molecular complexity index is 1260. The average Bonchev–Trinajstić information content (AvgIpc) is 2.87. The molecule has 0 aromatic heterocycles. The van der Waals surface area contributed by atoms with Gasteiger partial charge in [0.25, 0.3) is 0 Å². The van der Waals surface area contributed by atoms with Crippen molar-refractivity contribution < 1.29 is 41.0 Å². The Hall–Kier alpha value is -3.57. The molecule has 2 aliphatic rings. The SMILES string of the molecule is CO[C@@H](COC(=O)C1=C(C)NC2=C(C(=O)CNC2)C1c1c(F)c(F)c(F)c(F)c1F)c1ccccc1. The lowest BCUT2D eigenvalue weighted by Crippen LogP contribution is -2.43. The number of dihydropyridines is 1. The van der Waals surface area contributed by atoms with E-state index in [1.165, 1.54) is 14.0 Å². The summed E-state index contributed by atoms with van der Waals surface area (Å²) in [5.74, 6) is -14.6. The Morgan fingerprint density at radius 1 is 1.00 bits per heavy atom. The highest BCUT2D eigenvalue weighted by molar-refractivity contribution is 6.04. The molecule has 11 heteroatoms. The summed E-state index contributed by atoms with van der Waals surface area (Å²) in [6.45, 7) is 0.852. The van der Waals surface area contributed by atoms with Crippen LogP contribution in [-0.2, 0) is 19.1 Å². The monoisotopic (exact) mass is 508 g/mol. The second-order valence-electron chi connectivity index (χ2n) is 8.23. The minimum atomic E-state index is -2.34. The molecule has 2 N–H and O–H groups in total. The molecule has 0 radical (unpaired) electrons. The first-order valence-electron chi connectivity index (χ1n) is 10.9. The summed E-state index contributed by atoms with van der Waals surface area (Å²) in [6.07, 6.45) is -0.699. The van der Waals surface area contributed by atoms with Crippen LogP contribution in [0.4, 0.5) is 22.0 Å². The van der Waals surface area contributed by atoms with E-state index in [4.69, 9.17) is 9.47 Å². The topological polar surface area (TPSA) is 76.7 Å². The van der Waals surface area contributed by atoms with Gasteiger partial charge in [-0.2, -0.15) is 0 Å². The molecule has 2 aliphatic heterocycles. The first-order chi connectivity index (χ1) is 17.2. The average molecular weight is 508 g/mol. The summed E-state index contributed by atoms with van der Waals surface area (Å²) in [4.78, 5) is 26.0. The fourth-order valence-corrected chi connectivity index (χ4v) is 4.39. The molecule has 2 heterocycles. The molecule has 2 aromatic rings. The van der Waals surface area contributed by atoms with E-state index in [0.29, 0.717) is 5.56 Å². The summed E-state index contributed by atoms with van der Waals surface area (Å²) in [5, 5.41) is 5.61. The zero-order chi connectivity index (χ0) is 26.1. The van der Waals surface area contributed by atoms with Crippen LogP contribution in [0.2, 0.25) is 0 Å². The number of allylic oxidation sites excluding steroid dienone is 1. The van der Waals surface area contributed by atoms with Crippen molar-refractivity contribution in [3.8, 4) is 0 Å². The predicted molar refractivity (Wildman–Crippen MR) is 117 cm³/mol. The Morgan fingerprint density at radius 3 is 2.22 bits per heavy atom. The van der Waals surface area contributed by atoms with E-state index in [1.54, 1.807) is 30.3 Å². The number of carbonyl (C=O) groups excluding carboxylic acids is 2. The molecule has 36 heavy (non-hydrogen) atoms. The molecule has 0 saturated carbocycles. The first-order valence-corrected chi connectivity index (χ1v) is 10.9. The van der Waals surface area contributed by atoms with Crippen molar-refractivity contribution in [3.05, 3.63) is 93.1 Å². The van der Waals surface area contributed by atoms with Crippen molar-refractivity contribution >= 4 is 11.8 Å². The Labute approximate surface area is 202 Å². The number of methoxy groups -OCH3 is 1. The second kappa shape index (κ2) is 10.2. The van der Waals surface area contributed by atoms with Gasteiger partial charge in [0.2, 0.25) is 5.82 Å². The largest absolute Gasteiger partial charge is 0.459 e. The van der Waals surface area contributed by atoms with Gasteiger partial charge in [0, 0.05) is 36.2 Å². The highest BCUT2D eigenvalue weighted by atomic mass is 19.2. The molecular weight excluding hydrogens is 487 g/mol. The highest BCUT2D eigenvalue weighted by Gasteiger charge is 2.44. The van der Waals surface area contributed by atoms with Crippen molar-refractivity contribution in [1.29, 1.82) is 0 Å². The molecule has 0 bridgehead atoms. The van der Waals surface area contributed by atoms with Gasteiger partial charge in [0.05, 0.1) is 18.0 Å². The van der Waals surface area contributed by atoms with Gasteiger partial charge < -0.3 is 20.1 Å².